The molecule has 7 nitrogen and oxygen atoms in total. The number of carboxylic acids is 1. The molecular formula is C18H23N2O5S+. The molecule has 8 heteroatoms. The van der Waals surface area contributed by atoms with E-state index in [2.05, 4.69) is 4.57 Å². The smallest absolute Gasteiger partial charge is 0.353 e. The Morgan fingerprint density at radius 1 is 1.50 bits per heavy atom. The van der Waals surface area contributed by atoms with Gasteiger partial charge in [-0.1, -0.05) is 6.07 Å². The largest absolute Gasteiger partial charge is 0.477 e. The molecule has 0 aliphatic carbocycles. The molecule has 1 saturated heterocycles. The van der Waals surface area contributed by atoms with Crippen LogP contribution in [-0.4, -0.2) is 52.9 Å². The third-order valence-electron chi connectivity index (χ3n) is 4.86. The predicted molar refractivity (Wildman–Crippen MR) is 94.9 cm³/mol. The number of amides is 1. The molecule has 1 fully saturated rings. The maximum absolute atomic E-state index is 12.2. The molecule has 3 atom stereocenters. The minimum atomic E-state index is -1.09. The van der Waals surface area contributed by atoms with Crippen molar-refractivity contribution < 1.29 is 29.1 Å². The summed E-state index contributed by atoms with van der Waals surface area (Å²) in [6, 6.07) is 5.64. The van der Waals surface area contributed by atoms with Gasteiger partial charge < -0.3 is 19.8 Å². The van der Waals surface area contributed by atoms with Gasteiger partial charge in [-0.25, -0.2) is 4.79 Å². The lowest BCUT2D eigenvalue weighted by molar-refractivity contribution is -0.704. The first-order valence-electron chi connectivity index (χ1n) is 8.52. The number of rotatable bonds is 8. The first kappa shape index (κ1) is 18.9. The number of carbonyl (C=O) groups excluding carboxylic acids is 1. The van der Waals surface area contributed by atoms with Crippen molar-refractivity contribution in [3.05, 3.63) is 40.7 Å². The van der Waals surface area contributed by atoms with Crippen LogP contribution in [0.4, 0.5) is 0 Å². The van der Waals surface area contributed by atoms with Gasteiger partial charge in [0.1, 0.15) is 12.3 Å². The minimum Gasteiger partial charge on any atom is -0.477 e. The van der Waals surface area contributed by atoms with Crippen molar-refractivity contribution in [1.82, 2.24) is 4.90 Å². The summed E-state index contributed by atoms with van der Waals surface area (Å²) in [5.74, 6) is -1.29. The van der Waals surface area contributed by atoms with E-state index >= 15 is 0 Å². The van der Waals surface area contributed by atoms with Gasteiger partial charge in [-0.2, -0.15) is 4.57 Å². The van der Waals surface area contributed by atoms with Gasteiger partial charge in [0.25, 0.3) is 0 Å². The molecule has 2 N–H and O–H groups in total. The standard InChI is InChI=1S/C18H22N2O5S/c1-11(21)15-13-9-14(16(18(23)24)20(13)17(15)22)26-10-12-5-3-4-6-19(12)7-8-25-2/h3-6,11,13,15,21H,7-10H2,1-2H3/p+1/t11-,13-,15-/m1/s1. The van der Waals surface area contributed by atoms with Gasteiger partial charge in [0.05, 0.1) is 23.8 Å². The molecule has 0 saturated carbocycles. The second-order valence-corrected chi connectivity index (χ2v) is 7.56. The summed E-state index contributed by atoms with van der Waals surface area (Å²) in [6.07, 6.45) is 1.68. The molecule has 0 spiro atoms. The van der Waals surface area contributed by atoms with Crippen LogP contribution in [-0.2, 0) is 26.6 Å². The van der Waals surface area contributed by atoms with Gasteiger partial charge in [0, 0.05) is 30.6 Å². The molecule has 1 aromatic rings. The van der Waals surface area contributed by atoms with Gasteiger partial charge in [-0.05, 0) is 6.92 Å². The van der Waals surface area contributed by atoms with Crippen LogP contribution >= 0.6 is 11.8 Å². The van der Waals surface area contributed by atoms with Crippen LogP contribution in [0.15, 0.2) is 35.0 Å². The molecule has 2 aliphatic rings. The number of aliphatic carboxylic acids is 1. The van der Waals surface area contributed by atoms with Crippen molar-refractivity contribution in [3.8, 4) is 0 Å². The minimum absolute atomic E-state index is 0.0706. The average molecular weight is 379 g/mol. The molecule has 3 heterocycles. The van der Waals surface area contributed by atoms with Crippen molar-refractivity contribution in [2.75, 3.05) is 13.7 Å². The topological polar surface area (TPSA) is 91.0 Å². The number of fused-ring (bicyclic) bond motifs is 1. The van der Waals surface area contributed by atoms with E-state index < -0.39 is 18.0 Å². The van der Waals surface area contributed by atoms with Crippen molar-refractivity contribution in [1.29, 1.82) is 0 Å². The van der Waals surface area contributed by atoms with Gasteiger partial charge in [0.15, 0.2) is 18.4 Å². The lowest BCUT2D eigenvalue weighted by Crippen LogP contribution is -2.61. The second kappa shape index (κ2) is 7.77. The number of carboxylic acid groups (broad SMARTS) is 1. The molecule has 0 unspecified atom stereocenters. The lowest BCUT2D eigenvalue weighted by Gasteiger charge is -2.44. The Hall–Kier alpha value is -1.90. The van der Waals surface area contributed by atoms with Gasteiger partial charge in [-0.15, -0.1) is 11.8 Å². The van der Waals surface area contributed by atoms with Gasteiger partial charge in [0.2, 0.25) is 5.91 Å². The number of aliphatic hydroxyl groups is 1. The molecule has 1 aromatic heterocycles. The fourth-order valence-electron chi connectivity index (χ4n) is 3.57. The Balaban J connectivity index is 1.76. The van der Waals surface area contributed by atoms with Crippen molar-refractivity contribution in [2.45, 2.75) is 37.8 Å². The molecule has 140 valence electrons. The average Bonchev–Trinajstić information content (AvgIpc) is 2.93. The summed E-state index contributed by atoms with van der Waals surface area (Å²) in [7, 11) is 1.65. The molecular weight excluding hydrogens is 356 g/mol. The van der Waals surface area contributed by atoms with Crippen LogP contribution in [0.2, 0.25) is 0 Å². The molecule has 26 heavy (non-hydrogen) atoms. The second-order valence-electron chi connectivity index (χ2n) is 6.49. The molecule has 0 aromatic carbocycles. The zero-order valence-electron chi connectivity index (χ0n) is 14.8. The Kier molecular flexibility index (Phi) is 5.64. The SMILES string of the molecule is COCC[n+]1ccccc1CSC1=C(C(=O)O)N2C(=O)[C@H]([C@@H](C)O)[C@H]2C1. The number of aromatic nitrogens is 1. The summed E-state index contributed by atoms with van der Waals surface area (Å²) < 4.78 is 7.20. The molecule has 2 aliphatic heterocycles. The van der Waals surface area contributed by atoms with Crippen LogP contribution in [0.3, 0.4) is 0 Å². The van der Waals surface area contributed by atoms with Gasteiger partial charge in [-0.3, -0.25) is 4.79 Å². The summed E-state index contributed by atoms with van der Waals surface area (Å²) >= 11 is 1.45. The summed E-state index contributed by atoms with van der Waals surface area (Å²) in [5.41, 5.74) is 1.13. The summed E-state index contributed by atoms with van der Waals surface area (Å²) in [6.45, 7) is 2.89. The van der Waals surface area contributed by atoms with E-state index in [1.54, 1.807) is 14.0 Å². The van der Waals surface area contributed by atoms with Crippen molar-refractivity contribution in [2.24, 2.45) is 5.92 Å². The fraction of sp³-hybridized carbons (Fsp3) is 0.500. The Morgan fingerprint density at radius 2 is 2.27 bits per heavy atom. The Morgan fingerprint density at radius 3 is 2.92 bits per heavy atom. The van der Waals surface area contributed by atoms with E-state index in [1.807, 2.05) is 24.4 Å². The number of aliphatic hydroxyl groups excluding tert-OH is 1. The highest BCUT2D eigenvalue weighted by Crippen LogP contribution is 2.47. The van der Waals surface area contributed by atoms with E-state index in [-0.39, 0.29) is 17.6 Å². The predicted octanol–water partition coefficient (Wildman–Crippen LogP) is 0.761. The monoisotopic (exact) mass is 379 g/mol. The number of hydrogen-bond acceptors (Lipinski definition) is 5. The number of methoxy groups -OCH3 is 1. The third-order valence-corrected chi connectivity index (χ3v) is 6.00. The normalized spacial score (nSPS) is 23.0. The number of β-lactam (4-membered cyclic amide) rings is 1. The van der Waals surface area contributed by atoms with Crippen molar-refractivity contribution in [3.63, 3.8) is 0 Å². The lowest BCUT2D eigenvalue weighted by atomic mass is 9.83. The number of ether oxygens (including phenoxy) is 1. The highest BCUT2D eigenvalue weighted by Gasteiger charge is 2.56. The van der Waals surface area contributed by atoms with E-state index in [1.165, 1.54) is 16.7 Å². The number of thioether (sulfide) groups is 1. The van der Waals surface area contributed by atoms with Crippen molar-refractivity contribution >= 4 is 23.6 Å². The number of pyridine rings is 1. The first-order chi connectivity index (χ1) is 12.5. The maximum Gasteiger partial charge on any atom is 0.353 e. The number of nitrogens with zero attached hydrogens (tertiary/aromatic N) is 2. The van der Waals surface area contributed by atoms with E-state index in [9.17, 15) is 19.8 Å². The highest BCUT2D eigenvalue weighted by molar-refractivity contribution is 8.02. The maximum atomic E-state index is 12.2. The quantitative estimate of drug-likeness (QED) is 0.512. The highest BCUT2D eigenvalue weighted by atomic mass is 32.2. The summed E-state index contributed by atoms with van der Waals surface area (Å²) in [5, 5.41) is 19.4. The summed E-state index contributed by atoms with van der Waals surface area (Å²) in [4.78, 5) is 26.0. The number of carbonyl (C=O) groups is 2. The van der Waals surface area contributed by atoms with Crippen LogP contribution in [0.25, 0.3) is 0 Å². The van der Waals surface area contributed by atoms with E-state index in [0.717, 1.165) is 12.2 Å². The van der Waals surface area contributed by atoms with Crippen LogP contribution in [0, 0.1) is 5.92 Å². The van der Waals surface area contributed by atoms with Gasteiger partial charge >= 0.3 is 5.97 Å². The molecule has 0 bridgehead atoms. The molecule has 0 radical (unpaired) electrons. The van der Waals surface area contributed by atoms with E-state index in [4.69, 9.17) is 4.74 Å². The third kappa shape index (κ3) is 3.36. The first-order valence-corrected chi connectivity index (χ1v) is 9.51. The number of hydrogen-bond donors (Lipinski definition) is 2. The van der Waals surface area contributed by atoms with Crippen LogP contribution in [0.1, 0.15) is 19.0 Å². The fourth-order valence-corrected chi connectivity index (χ4v) is 4.77. The van der Waals surface area contributed by atoms with E-state index in [0.29, 0.717) is 23.7 Å². The Bertz CT molecular complexity index is 749. The zero-order chi connectivity index (χ0) is 18.8. The molecule has 3 rings (SSSR count). The van der Waals surface area contributed by atoms with Crippen LogP contribution in [0.5, 0.6) is 0 Å². The molecule has 1 amide bonds. The van der Waals surface area contributed by atoms with Crippen LogP contribution < -0.4 is 4.57 Å². The zero-order valence-corrected chi connectivity index (χ0v) is 15.6. The Labute approximate surface area is 156 Å².